The third kappa shape index (κ3) is 3.75. The highest BCUT2D eigenvalue weighted by Gasteiger charge is 2.18. The number of halogens is 1. The summed E-state index contributed by atoms with van der Waals surface area (Å²) in [5.41, 5.74) is 3.60. The standard InChI is InChI=1S/C20H17ClO4S/c1-23-12-25-15-6-3-13(4-7-15)17-11-26-19(10-22)20(17)16-8-5-14(21)9-18(16)24-2/h3-11H,12H2,1-2H3. The summed E-state index contributed by atoms with van der Waals surface area (Å²) in [6.45, 7) is 0.195. The maximum atomic E-state index is 11.6. The molecule has 0 spiro atoms. The molecule has 0 amide bonds. The maximum Gasteiger partial charge on any atom is 0.188 e. The molecule has 0 saturated carbocycles. The predicted octanol–water partition coefficient (Wildman–Crippen LogP) is 5.54. The van der Waals surface area contributed by atoms with E-state index in [-0.39, 0.29) is 6.79 Å². The van der Waals surface area contributed by atoms with Gasteiger partial charge >= 0.3 is 0 Å². The zero-order chi connectivity index (χ0) is 18.5. The van der Waals surface area contributed by atoms with Gasteiger partial charge in [0.25, 0.3) is 0 Å². The summed E-state index contributed by atoms with van der Waals surface area (Å²) >= 11 is 7.47. The van der Waals surface area contributed by atoms with Crippen molar-refractivity contribution in [2.75, 3.05) is 21.0 Å². The minimum Gasteiger partial charge on any atom is -0.496 e. The largest absolute Gasteiger partial charge is 0.496 e. The minimum absolute atomic E-state index is 0.195. The van der Waals surface area contributed by atoms with Crippen LogP contribution >= 0.6 is 22.9 Å². The number of hydrogen-bond acceptors (Lipinski definition) is 5. The Kier molecular flexibility index (Phi) is 5.93. The van der Waals surface area contributed by atoms with Crippen molar-refractivity contribution in [3.63, 3.8) is 0 Å². The molecule has 0 aliphatic heterocycles. The molecule has 1 aromatic heterocycles. The van der Waals surface area contributed by atoms with Crippen LogP contribution in [0.4, 0.5) is 0 Å². The molecule has 2 aromatic carbocycles. The van der Waals surface area contributed by atoms with Gasteiger partial charge in [-0.1, -0.05) is 23.7 Å². The Balaban J connectivity index is 2.08. The SMILES string of the molecule is COCOc1ccc(-c2csc(C=O)c2-c2ccc(Cl)cc2OC)cc1. The van der Waals surface area contributed by atoms with E-state index in [9.17, 15) is 4.79 Å². The van der Waals surface area contributed by atoms with Crippen LogP contribution in [0.25, 0.3) is 22.3 Å². The number of rotatable bonds is 7. The van der Waals surface area contributed by atoms with Crippen LogP contribution in [0.3, 0.4) is 0 Å². The average molecular weight is 389 g/mol. The molecule has 0 N–H and O–H groups in total. The van der Waals surface area contributed by atoms with Crippen LogP contribution < -0.4 is 9.47 Å². The molecule has 134 valence electrons. The lowest BCUT2D eigenvalue weighted by Gasteiger charge is -2.12. The predicted molar refractivity (Wildman–Crippen MR) is 105 cm³/mol. The van der Waals surface area contributed by atoms with Gasteiger partial charge in [-0.05, 0) is 41.3 Å². The van der Waals surface area contributed by atoms with E-state index < -0.39 is 0 Å². The van der Waals surface area contributed by atoms with E-state index in [1.807, 2.05) is 35.7 Å². The molecule has 3 rings (SSSR count). The van der Waals surface area contributed by atoms with Crippen LogP contribution in [0, 0.1) is 0 Å². The number of methoxy groups -OCH3 is 2. The Morgan fingerprint density at radius 3 is 2.50 bits per heavy atom. The first-order valence-electron chi connectivity index (χ1n) is 7.80. The average Bonchev–Trinajstić information content (AvgIpc) is 3.10. The molecular formula is C20H17ClO4S. The van der Waals surface area contributed by atoms with Crippen molar-refractivity contribution >= 4 is 29.2 Å². The van der Waals surface area contributed by atoms with E-state index in [0.717, 1.165) is 28.5 Å². The van der Waals surface area contributed by atoms with Crippen LogP contribution in [0.15, 0.2) is 47.8 Å². The molecule has 1 heterocycles. The number of hydrogen-bond donors (Lipinski definition) is 0. The van der Waals surface area contributed by atoms with E-state index in [1.165, 1.54) is 11.3 Å². The highest BCUT2D eigenvalue weighted by atomic mass is 35.5. The maximum absolute atomic E-state index is 11.6. The van der Waals surface area contributed by atoms with Gasteiger partial charge in [-0.3, -0.25) is 4.79 Å². The quantitative estimate of drug-likeness (QED) is 0.393. The van der Waals surface area contributed by atoms with E-state index in [0.29, 0.717) is 21.4 Å². The van der Waals surface area contributed by atoms with E-state index in [1.54, 1.807) is 26.4 Å². The second-order valence-electron chi connectivity index (χ2n) is 5.43. The molecule has 0 unspecified atom stereocenters. The van der Waals surface area contributed by atoms with Crippen LogP contribution in [-0.4, -0.2) is 27.3 Å². The Morgan fingerprint density at radius 1 is 1.08 bits per heavy atom. The third-order valence-electron chi connectivity index (χ3n) is 3.87. The summed E-state index contributed by atoms with van der Waals surface area (Å²) in [6.07, 6.45) is 0.869. The monoisotopic (exact) mass is 388 g/mol. The Labute approximate surface area is 160 Å². The summed E-state index contributed by atoms with van der Waals surface area (Å²) in [7, 11) is 3.16. The molecule has 3 aromatic rings. The summed E-state index contributed by atoms with van der Waals surface area (Å²) in [4.78, 5) is 12.2. The van der Waals surface area contributed by atoms with Gasteiger partial charge in [-0.25, -0.2) is 0 Å². The molecule has 4 nitrogen and oxygen atoms in total. The van der Waals surface area contributed by atoms with E-state index in [2.05, 4.69) is 0 Å². The van der Waals surface area contributed by atoms with Gasteiger partial charge in [-0.15, -0.1) is 11.3 Å². The van der Waals surface area contributed by atoms with E-state index >= 15 is 0 Å². The number of benzene rings is 2. The molecular weight excluding hydrogens is 372 g/mol. The summed E-state index contributed by atoms with van der Waals surface area (Å²) in [5.74, 6) is 1.34. The number of carbonyl (C=O) groups excluding carboxylic acids is 1. The second kappa shape index (κ2) is 8.36. The van der Waals surface area contributed by atoms with Gasteiger partial charge in [0.05, 0.1) is 12.0 Å². The van der Waals surface area contributed by atoms with Crippen molar-refractivity contribution in [2.45, 2.75) is 0 Å². The Hall–Kier alpha value is -2.34. The molecule has 26 heavy (non-hydrogen) atoms. The van der Waals surface area contributed by atoms with Gasteiger partial charge < -0.3 is 14.2 Å². The van der Waals surface area contributed by atoms with Gasteiger partial charge in [0.2, 0.25) is 0 Å². The molecule has 0 aliphatic carbocycles. The van der Waals surface area contributed by atoms with Crippen molar-refractivity contribution in [1.82, 2.24) is 0 Å². The lowest BCUT2D eigenvalue weighted by molar-refractivity contribution is 0.0511. The first kappa shape index (κ1) is 18.5. The fourth-order valence-electron chi connectivity index (χ4n) is 2.68. The Morgan fingerprint density at radius 2 is 1.85 bits per heavy atom. The number of thiophene rings is 1. The first-order chi connectivity index (χ1) is 12.7. The summed E-state index contributed by atoms with van der Waals surface area (Å²) in [6, 6.07) is 13.0. The van der Waals surface area contributed by atoms with Crippen molar-refractivity contribution < 1.29 is 19.0 Å². The number of aldehydes is 1. The zero-order valence-corrected chi connectivity index (χ0v) is 15.9. The highest BCUT2D eigenvalue weighted by Crippen LogP contribution is 2.43. The molecule has 0 fully saturated rings. The fraction of sp³-hybridized carbons (Fsp3) is 0.150. The lowest BCUT2D eigenvalue weighted by atomic mass is 9.96. The van der Waals surface area contributed by atoms with Crippen molar-refractivity contribution in [1.29, 1.82) is 0 Å². The Bertz CT molecular complexity index is 903. The first-order valence-corrected chi connectivity index (χ1v) is 9.06. The molecule has 0 saturated heterocycles. The normalized spacial score (nSPS) is 10.6. The van der Waals surface area contributed by atoms with E-state index in [4.69, 9.17) is 25.8 Å². The lowest BCUT2D eigenvalue weighted by Crippen LogP contribution is -1.98. The van der Waals surface area contributed by atoms with Crippen LogP contribution in [0.5, 0.6) is 11.5 Å². The van der Waals surface area contributed by atoms with Gasteiger partial charge in [0.15, 0.2) is 13.1 Å². The molecule has 0 aliphatic rings. The summed E-state index contributed by atoms with van der Waals surface area (Å²) in [5, 5.41) is 2.55. The van der Waals surface area contributed by atoms with Gasteiger partial charge in [0, 0.05) is 28.8 Å². The number of carbonyl (C=O) groups is 1. The highest BCUT2D eigenvalue weighted by molar-refractivity contribution is 7.12. The van der Waals surface area contributed by atoms with Crippen molar-refractivity contribution in [3.05, 3.63) is 57.7 Å². The summed E-state index contributed by atoms with van der Waals surface area (Å²) < 4.78 is 15.8. The zero-order valence-electron chi connectivity index (χ0n) is 14.3. The third-order valence-corrected chi connectivity index (χ3v) is 5.01. The van der Waals surface area contributed by atoms with Gasteiger partial charge in [-0.2, -0.15) is 0 Å². The van der Waals surface area contributed by atoms with Crippen LogP contribution in [0.2, 0.25) is 5.02 Å². The molecule has 6 heteroatoms. The second-order valence-corrected chi connectivity index (χ2v) is 6.77. The minimum atomic E-state index is 0.195. The molecule has 0 atom stereocenters. The van der Waals surface area contributed by atoms with Crippen LogP contribution in [0.1, 0.15) is 9.67 Å². The van der Waals surface area contributed by atoms with Crippen LogP contribution in [-0.2, 0) is 4.74 Å². The van der Waals surface area contributed by atoms with Gasteiger partial charge in [0.1, 0.15) is 11.5 Å². The number of ether oxygens (including phenoxy) is 3. The van der Waals surface area contributed by atoms with Crippen molar-refractivity contribution in [3.8, 4) is 33.8 Å². The topological polar surface area (TPSA) is 44.8 Å². The fourth-order valence-corrected chi connectivity index (χ4v) is 3.73. The molecule has 0 radical (unpaired) electrons. The molecule has 0 bridgehead atoms. The van der Waals surface area contributed by atoms with Crippen molar-refractivity contribution in [2.24, 2.45) is 0 Å². The smallest absolute Gasteiger partial charge is 0.188 e.